The lowest BCUT2D eigenvalue weighted by molar-refractivity contribution is 0.0679. The standard InChI is InChI=1S/C20H19F3N2O2/c21-15-5-2-1-4-14(15)20(27)25-10-8-13(9-11-25)12-24-19(26)18-16(22)6-3-7-17(18)23/h1-7,13H,8-12H2,(H,24,26). The number of rotatable bonds is 4. The number of nitrogens with zero attached hydrogens (tertiary/aromatic N) is 1. The SMILES string of the molecule is O=C(NCC1CCN(C(=O)c2ccccc2F)CC1)c1c(F)cccc1F. The Morgan fingerprint density at radius 1 is 0.926 bits per heavy atom. The van der Waals surface area contributed by atoms with E-state index < -0.39 is 28.9 Å². The van der Waals surface area contributed by atoms with Crippen LogP contribution in [-0.4, -0.2) is 36.3 Å². The van der Waals surface area contributed by atoms with Crippen molar-refractivity contribution in [3.05, 3.63) is 71.0 Å². The van der Waals surface area contributed by atoms with Gasteiger partial charge in [0.15, 0.2) is 0 Å². The van der Waals surface area contributed by atoms with Gasteiger partial charge in [-0.3, -0.25) is 9.59 Å². The van der Waals surface area contributed by atoms with Gasteiger partial charge in [0.2, 0.25) is 0 Å². The molecule has 1 N–H and O–H groups in total. The summed E-state index contributed by atoms with van der Waals surface area (Å²) < 4.78 is 41.0. The fourth-order valence-electron chi connectivity index (χ4n) is 3.19. The summed E-state index contributed by atoms with van der Waals surface area (Å²) in [6.07, 6.45) is 1.22. The molecule has 0 bridgehead atoms. The van der Waals surface area contributed by atoms with Gasteiger partial charge >= 0.3 is 0 Å². The van der Waals surface area contributed by atoms with Crippen LogP contribution in [0.4, 0.5) is 13.2 Å². The largest absolute Gasteiger partial charge is 0.352 e. The highest BCUT2D eigenvalue weighted by molar-refractivity contribution is 5.95. The van der Waals surface area contributed by atoms with Crippen LogP contribution in [0, 0.1) is 23.4 Å². The second kappa shape index (κ2) is 8.24. The van der Waals surface area contributed by atoms with E-state index in [0.29, 0.717) is 25.9 Å². The van der Waals surface area contributed by atoms with E-state index in [1.54, 1.807) is 11.0 Å². The second-order valence-electron chi connectivity index (χ2n) is 6.52. The molecule has 1 heterocycles. The molecule has 2 aromatic rings. The van der Waals surface area contributed by atoms with Crippen LogP contribution in [0.15, 0.2) is 42.5 Å². The van der Waals surface area contributed by atoms with Gasteiger partial charge in [0, 0.05) is 19.6 Å². The Morgan fingerprint density at radius 2 is 1.52 bits per heavy atom. The molecular weight excluding hydrogens is 357 g/mol. The first-order valence-electron chi connectivity index (χ1n) is 8.73. The Balaban J connectivity index is 1.52. The second-order valence-corrected chi connectivity index (χ2v) is 6.52. The van der Waals surface area contributed by atoms with Crippen LogP contribution in [0.3, 0.4) is 0 Å². The van der Waals surface area contributed by atoms with Crippen LogP contribution < -0.4 is 5.32 Å². The number of hydrogen-bond acceptors (Lipinski definition) is 2. The molecule has 0 radical (unpaired) electrons. The van der Waals surface area contributed by atoms with Crippen LogP contribution in [0.5, 0.6) is 0 Å². The Labute approximate surface area is 155 Å². The minimum absolute atomic E-state index is 0.0410. The van der Waals surface area contributed by atoms with E-state index in [2.05, 4.69) is 5.32 Å². The molecule has 1 fully saturated rings. The van der Waals surface area contributed by atoms with E-state index in [1.807, 2.05) is 0 Å². The maximum Gasteiger partial charge on any atom is 0.257 e. The first-order valence-corrected chi connectivity index (χ1v) is 8.73. The molecule has 0 unspecified atom stereocenters. The zero-order chi connectivity index (χ0) is 19.4. The van der Waals surface area contributed by atoms with Crippen molar-refractivity contribution in [1.29, 1.82) is 0 Å². The van der Waals surface area contributed by atoms with Gasteiger partial charge in [0.05, 0.1) is 5.56 Å². The summed E-state index contributed by atoms with van der Waals surface area (Å²) in [4.78, 5) is 26.0. The van der Waals surface area contributed by atoms with E-state index in [0.717, 1.165) is 12.1 Å². The highest BCUT2D eigenvalue weighted by Crippen LogP contribution is 2.20. The van der Waals surface area contributed by atoms with Crippen molar-refractivity contribution < 1.29 is 22.8 Å². The van der Waals surface area contributed by atoms with Gasteiger partial charge in [0.25, 0.3) is 11.8 Å². The van der Waals surface area contributed by atoms with Crippen molar-refractivity contribution in [2.45, 2.75) is 12.8 Å². The summed E-state index contributed by atoms with van der Waals surface area (Å²) in [7, 11) is 0. The Bertz CT molecular complexity index is 829. The van der Waals surface area contributed by atoms with E-state index in [-0.39, 0.29) is 23.9 Å². The van der Waals surface area contributed by atoms with Crippen molar-refractivity contribution in [3.63, 3.8) is 0 Å². The first kappa shape index (κ1) is 18.9. The number of carbonyl (C=O) groups excluding carboxylic acids is 2. The molecule has 1 aliphatic heterocycles. The fourth-order valence-corrected chi connectivity index (χ4v) is 3.19. The molecule has 3 rings (SSSR count). The van der Waals surface area contributed by atoms with Crippen LogP contribution in [0.25, 0.3) is 0 Å². The number of benzene rings is 2. The van der Waals surface area contributed by atoms with Gasteiger partial charge in [-0.1, -0.05) is 18.2 Å². The van der Waals surface area contributed by atoms with Crippen molar-refractivity contribution >= 4 is 11.8 Å². The molecule has 7 heteroatoms. The number of piperidine rings is 1. The van der Waals surface area contributed by atoms with Gasteiger partial charge in [-0.05, 0) is 43.0 Å². The molecule has 0 aromatic heterocycles. The average molecular weight is 376 g/mol. The van der Waals surface area contributed by atoms with Crippen molar-refractivity contribution in [2.24, 2.45) is 5.92 Å². The Hall–Kier alpha value is -2.83. The van der Waals surface area contributed by atoms with E-state index in [4.69, 9.17) is 0 Å². The van der Waals surface area contributed by atoms with Gasteiger partial charge in [0.1, 0.15) is 23.0 Å². The summed E-state index contributed by atoms with van der Waals surface area (Å²) in [6, 6.07) is 9.10. The molecule has 0 aliphatic carbocycles. The summed E-state index contributed by atoms with van der Waals surface area (Å²) in [5, 5.41) is 2.55. The average Bonchev–Trinajstić information content (AvgIpc) is 2.66. The quantitative estimate of drug-likeness (QED) is 0.889. The van der Waals surface area contributed by atoms with Gasteiger partial charge in [-0.25, -0.2) is 13.2 Å². The van der Waals surface area contributed by atoms with E-state index >= 15 is 0 Å². The molecule has 27 heavy (non-hydrogen) atoms. The molecule has 4 nitrogen and oxygen atoms in total. The summed E-state index contributed by atoms with van der Waals surface area (Å²) in [5.41, 5.74) is -0.552. The van der Waals surface area contributed by atoms with Gasteiger partial charge in [-0.2, -0.15) is 0 Å². The number of carbonyl (C=O) groups is 2. The molecule has 0 spiro atoms. The van der Waals surface area contributed by atoms with Crippen LogP contribution in [0.2, 0.25) is 0 Å². The molecule has 142 valence electrons. The maximum atomic E-state index is 13.8. The van der Waals surface area contributed by atoms with Crippen LogP contribution in [-0.2, 0) is 0 Å². The molecule has 0 atom stereocenters. The normalized spacial score (nSPS) is 14.9. The summed E-state index contributed by atoms with van der Waals surface area (Å²) in [5.74, 6) is -3.44. The van der Waals surface area contributed by atoms with Crippen LogP contribution in [0.1, 0.15) is 33.6 Å². The van der Waals surface area contributed by atoms with Gasteiger partial charge < -0.3 is 10.2 Å². The minimum Gasteiger partial charge on any atom is -0.352 e. The third kappa shape index (κ3) is 4.30. The predicted molar refractivity (Wildman–Crippen MR) is 93.7 cm³/mol. The maximum absolute atomic E-state index is 13.8. The minimum atomic E-state index is -0.905. The number of halogens is 3. The Morgan fingerprint density at radius 3 is 2.15 bits per heavy atom. The fraction of sp³-hybridized carbons (Fsp3) is 0.300. The molecular formula is C20H19F3N2O2. The molecule has 2 amide bonds. The summed E-state index contributed by atoms with van der Waals surface area (Å²) in [6.45, 7) is 1.12. The van der Waals surface area contributed by atoms with E-state index in [9.17, 15) is 22.8 Å². The third-order valence-electron chi connectivity index (χ3n) is 4.75. The first-order chi connectivity index (χ1) is 13.0. The number of hydrogen-bond donors (Lipinski definition) is 1. The van der Waals surface area contributed by atoms with E-state index in [1.165, 1.54) is 24.3 Å². The summed E-state index contributed by atoms with van der Waals surface area (Å²) >= 11 is 0. The smallest absolute Gasteiger partial charge is 0.257 e. The van der Waals surface area contributed by atoms with Crippen molar-refractivity contribution in [2.75, 3.05) is 19.6 Å². The number of likely N-dealkylation sites (tertiary alicyclic amines) is 1. The number of nitrogens with one attached hydrogen (secondary N) is 1. The van der Waals surface area contributed by atoms with Crippen LogP contribution >= 0.6 is 0 Å². The molecule has 0 saturated carbocycles. The lowest BCUT2D eigenvalue weighted by atomic mass is 9.96. The predicted octanol–water partition coefficient (Wildman–Crippen LogP) is 3.39. The zero-order valence-electron chi connectivity index (χ0n) is 14.6. The molecule has 1 saturated heterocycles. The highest BCUT2D eigenvalue weighted by atomic mass is 19.1. The third-order valence-corrected chi connectivity index (χ3v) is 4.75. The Kier molecular flexibility index (Phi) is 5.78. The van der Waals surface area contributed by atoms with Crippen molar-refractivity contribution in [3.8, 4) is 0 Å². The number of amides is 2. The topological polar surface area (TPSA) is 49.4 Å². The zero-order valence-corrected chi connectivity index (χ0v) is 14.6. The van der Waals surface area contributed by atoms with Gasteiger partial charge in [-0.15, -0.1) is 0 Å². The lowest BCUT2D eigenvalue weighted by Crippen LogP contribution is -2.42. The van der Waals surface area contributed by atoms with Crippen molar-refractivity contribution in [1.82, 2.24) is 10.2 Å². The lowest BCUT2D eigenvalue weighted by Gasteiger charge is -2.32. The molecule has 1 aliphatic rings. The molecule has 2 aromatic carbocycles. The monoisotopic (exact) mass is 376 g/mol. The highest BCUT2D eigenvalue weighted by Gasteiger charge is 2.26.